The Bertz CT molecular complexity index is 1160. The number of nitrogens with two attached hydrogens (primary N) is 1. The van der Waals surface area contributed by atoms with Crippen LogP contribution < -0.4 is 11.1 Å². The van der Waals surface area contributed by atoms with Gasteiger partial charge >= 0.3 is 5.97 Å². The van der Waals surface area contributed by atoms with Crippen molar-refractivity contribution in [2.75, 3.05) is 31.5 Å². The van der Waals surface area contributed by atoms with E-state index in [2.05, 4.69) is 34.5 Å². The van der Waals surface area contributed by atoms with Gasteiger partial charge < -0.3 is 20.7 Å². The molecular weight excluding hydrogens is 450 g/mol. The molecule has 3 aromatic rings. The number of anilines is 1. The van der Waals surface area contributed by atoms with Crippen LogP contribution in [0.2, 0.25) is 0 Å². The van der Waals surface area contributed by atoms with Crippen molar-refractivity contribution in [3.63, 3.8) is 0 Å². The van der Waals surface area contributed by atoms with E-state index < -0.39 is 11.5 Å². The number of likely N-dealkylation sites (tertiary alicyclic amines) is 1. The molecule has 1 saturated heterocycles. The summed E-state index contributed by atoms with van der Waals surface area (Å²) < 4.78 is 6.02. The molecule has 3 aromatic carbocycles. The van der Waals surface area contributed by atoms with Gasteiger partial charge in [-0.2, -0.15) is 0 Å². The summed E-state index contributed by atoms with van der Waals surface area (Å²) in [5.41, 5.74) is 9.73. The average molecular weight is 486 g/mol. The van der Waals surface area contributed by atoms with Gasteiger partial charge in [0.1, 0.15) is 5.60 Å². The summed E-state index contributed by atoms with van der Waals surface area (Å²) >= 11 is 0. The number of piperidine rings is 1. The van der Waals surface area contributed by atoms with Crippen molar-refractivity contribution in [1.29, 1.82) is 0 Å². The highest BCUT2D eigenvalue weighted by Gasteiger charge is 2.39. The molecule has 36 heavy (non-hydrogen) atoms. The van der Waals surface area contributed by atoms with Crippen molar-refractivity contribution in [2.45, 2.75) is 38.2 Å². The fourth-order valence-electron chi connectivity index (χ4n) is 4.94. The van der Waals surface area contributed by atoms with Crippen LogP contribution in [0.5, 0.6) is 0 Å². The Morgan fingerprint density at radius 2 is 1.61 bits per heavy atom. The second kappa shape index (κ2) is 11.9. The summed E-state index contributed by atoms with van der Waals surface area (Å²) in [6.07, 6.45) is 2.53. The number of hydrogen-bond acceptors (Lipinski definition) is 5. The fraction of sp³-hybridized carbons (Fsp3) is 0.333. The summed E-state index contributed by atoms with van der Waals surface area (Å²) in [6.45, 7) is 5.09. The van der Waals surface area contributed by atoms with E-state index in [1.54, 1.807) is 6.07 Å². The van der Waals surface area contributed by atoms with Crippen molar-refractivity contribution in [3.8, 4) is 0 Å². The van der Waals surface area contributed by atoms with Gasteiger partial charge in [-0.25, -0.2) is 0 Å². The van der Waals surface area contributed by atoms with Crippen LogP contribution in [0, 0.1) is 0 Å². The summed E-state index contributed by atoms with van der Waals surface area (Å²) in [6, 6.07) is 25.9. The van der Waals surface area contributed by atoms with E-state index in [0.29, 0.717) is 18.4 Å². The van der Waals surface area contributed by atoms with Crippen LogP contribution in [-0.2, 0) is 21.6 Å². The monoisotopic (exact) mass is 485 g/mol. The first-order valence-corrected chi connectivity index (χ1v) is 12.7. The number of primary amides is 1. The number of rotatable bonds is 10. The zero-order valence-corrected chi connectivity index (χ0v) is 20.9. The van der Waals surface area contributed by atoms with Gasteiger partial charge in [-0.3, -0.25) is 9.59 Å². The standard InChI is InChI=1S/C30H35N3O3/c1-2-28(34)36-30(24-12-7-4-8-13-24)16-19-33(20-17-30)21-18-32-27-15-9-14-25(29(31)35)26(27)22-23-10-5-3-6-11-23/h3-15,32H,2,16-22H2,1H3,(H2,31,35). The number of nitrogens with one attached hydrogen (secondary N) is 1. The first kappa shape index (κ1) is 25.5. The van der Waals surface area contributed by atoms with Crippen molar-refractivity contribution in [3.05, 3.63) is 101 Å². The smallest absolute Gasteiger partial charge is 0.306 e. The highest BCUT2D eigenvalue weighted by Crippen LogP contribution is 2.37. The van der Waals surface area contributed by atoms with Gasteiger partial charge in [-0.05, 0) is 28.8 Å². The van der Waals surface area contributed by atoms with Gasteiger partial charge in [-0.1, -0.05) is 73.7 Å². The minimum Gasteiger partial charge on any atom is -0.454 e. The molecule has 6 heteroatoms. The fourth-order valence-corrected chi connectivity index (χ4v) is 4.94. The van der Waals surface area contributed by atoms with Crippen LogP contribution >= 0.6 is 0 Å². The molecule has 0 bridgehead atoms. The van der Waals surface area contributed by atoms with Crippen molar-refractivity contribution in [2.24, 2.45) is 5.73 Å². The van der Waals surface area contributed by atoms with E-state index in [-0.39, 0.29) is 5.97 Å². The van der Waals surface area contributed by atoms with E-state index in [1.807, 2.05) is 55.5 Å². The first-order valence-electron chi connectivity index (χ1n) is 12.7. The van der Waals surface area contributed by atoms with Crippen molar-refractivity contribution < 1.29 is 14.3 Å². The number of esters is 1. The number of hydrogen-bond donors (Lipinski definition) is 2. The SMILES string of the molecule is CCC(=O)OC1(c2ccccc2)CCN(CCNc2cccc(C(N)=O)c2Cc2ccccc2)CC1. The third kappa shape index (κ3) is 6.13. The Balaban J connectivity index is 1.40. The molecule has 6 nitrogen and oxygen atoms in total. The molecule has 0 aliphatic carbocycles. The first-order chi connectivity index (χ1) is 17.5. The quantitative estimate of drug-likeness (QED) is 0.406. The maximum Gasteiger partial charge on any atom is 0.306 e. The molecule has 1 aliphatic rings. The number of amides is 1. The third-order valence-electron chi connectivity index (χ3n) is 6.97. The zero-order valence-electron chi connectivity index (χ0n) is 20.9. The molecule has 0 atom stereocenters. The lowest BCUT2D eigenvalue weighted by atomic mass is 9.84. The second-order valence-electron chi connectivity index (χ2n) is 9.31. The summed E-state index contributed by atoms with van der Waals surface area (Å²) in [7, 11) is 0. The Labute approximate surface area is 213 Å². The molecule has 1 heterocycles. The lowest BCUT2D eigenvalue weighted by Gasteiger charge is -2.41. The molecule has 0 radical (unpaired) electrons. The lowest BCUT2D eigenvalue weighted by molar-refractivity contribution is -0.166. The molecule has 4 rings (SSSR count). The van der Waals surface area contributed by atoms with Crippen LogP contribution in [0.4, 0.5) is 5.69 Å². The predicted octanol–water partition coefficient (Wildman–Crippen LogP) is 4.73. The Hall–Kier alpha value is -3.64. The lowest BCUT2D eigenvalue weighted by Crippen LogP contribution is -2.46. The van der Waals surface area contributed by atoms with Crippen LogP contribution in [0.15, 0.2) is 78.9 Å². The molecule has 0 aromatic heterocycles. The van der Waals surface area contributed by atoms with Crippen LogP contribution in [0.3, 0.4) is 0 Å². The van der Waals surface area contributed by atoms with E-state index in [1.165, 1.54) is 0 Å². The van der Waals surface area contributed by atoms with E-state index >= 15 is 0 Å². The molecule has 0 saturated carbocycles. The second-order valence-corrected chi connectivity index (χ2v) is 9.31. The molecule has 0 spiro atoms. The molecule has 1 aliphatic heterocycles. The van der Waals surface area contributed by atoms with Gasteiger partial charge in [0.05, 0.1) is 0 Å². The summed E-state index contributed by atoms with van der Waals surface area (Å²) in [5, 5.41) is 3.54. The van der Waals surface area contributed by atoms with Gasteiger partial charge in [0, 0.05) is 63.1 Å². The van der Waals surface area contributed by atoms with Gasteiger partial charge in [0.15, 0.2) is 0 Å². The number of ether oxygens (including phenoxy) is 1. The molecule has 1 fully saturated rings. The highest BCUT2D eigenvalue weighted by molar-refractivity contribution is 5.96. The van der Waals surface area contributed by atoms with Crippen molar-refractivity contribution >= 4 is 17.6 Å². The summed E-state index contributed by atoms with van der Waals surface area (Å²) in [5.74, 6) is -0.575. The number of benzene rings is 3. The van der Waals surface area contributed by atoms with E-state index in [0.717, 1.165) is 61.4 Å². The normalized spacial score (nSPS) is 15.2. The Morgan fingerprint density at radius 3 is 2.25 bits per heavy atom. The molecular formula is C30H35N3O3. The highest BCUT2D eigenvalue weighted by atomic mass is 16.6. The van der Waals surface area contributed by atoms with Crippen LogP contribution in [-0.4, -0.2) is 43.0 Å². The number of carbonyl (C=O) groups excluding carboxylic acids is 2. The topological polar surface area (TPSA) is 84.7 Å². The Kier molecular flexibility index (Phi) is 8.39. The zero-order chi connectivity index (χ0) is 25.4. The van der Waals surface area contributed by atoms with Gasteiger partial charge in [-0.15, -0.1) is 0 Å². The maximum absolute atomic E-state index is 12.2. The minimum absolute atomic E-state index is 0.158. The van der Waals surface area contributed by atoms with Gasteiger partial charge in [0.2, 0.25) is 5.91 Å². The van der Waals surface area contributed by atoms with E-state index in [9.17, 15) is 9.59 Å². The number of carbonyl (C=O) groups is 2. The molecule has 3 N–H and O–H groups in total. The predicted molar refractivity (Wildman–Crippen MR) is 143 cm³/mol. The molecule has 0 unspecified atom stereocenters. The van der Waals surface area contributed by atoms with E-state index in [4.69, 9.17) is 10.5 Å². The molecule has 1 amide bonds. The third-order valence-corrected chi connectivity index (χ3v) is 6.97. The largest absolute Gasteiger partial charge is 0.454 e. The minimum atomic E-state index is -0.559. The molecule has 188 valence electrons. The van der Waals surface area contributed by atoms with Gasteiger partial charge in [0.25, 0.3) is 0 Å². The Morgan fingerprint density at radius 1 is 0.944 bits per heavy atom. The van der Waals surface area contributed by atoms with Crippen LogP contribution in [0.25, 0.3) is 0 Å². The van der Waals surface area contributed by atoms with Crippen molar-refractivity contribution in [1.82, 2.24) is 4.90 Å². The summed E-state index contributed by atoms with van der Waals surface area (Å²) in [4.78, 5) is 26.7. The maximum atomic E-state index is 12.2. The number of nitrogens with zero attached hydrogens (tertiary/aromatic N) is 1. The van der Waals surface area contributed by atoms with Crippen LogP contribution in [0.1, 0.15) is 53.2 Å². The average Bonchev–Trinajstić information content (AvgIpc) is 2.91.